The third-order valence-corrected chi connectivity index (χ3v) is 6.84. The van der Waals surface area contributed by atoms with Crippen molar-refractivity contribution < 1.29 is 22.8 Å². The summed E-state index contributed by atoms with van der Waals surface area (Å²) in [5.41, 5.74) is -1.76. The minimum Gasteiger partial charge on any atom is -0.317 e. The molecule has 3 aromatic rings. The molecular weight excluding hydrogens is 463 g/mol. The summed E-state index contributed by atoms with van der Waals surface area (Å²) < 4.78 is 44.5. The van der Waals surface area contributed by atoms with Gasteiger partial charge in [-0.1, -0.05) is 49.9 Å². The smallest absolute Gasteiger partial charge is 0.317 e. The molecule has 35 heavy (non-hydrogen) atoms. The van der Waals surface area contributed by atoms with Crippen LogP contribution in [0, 0.1) is 10.8 Å². The Kier molecular flexibility index (Phi) is 5.57. The molecule has 0 spiro atoms. The van der Waals surface area contributed by atoms with Gasteiger partial charge in [0.1, 0.15) is 5.69 Å². The van der Waals surface area contributed by atoms with Crippen molar-refractivity contribution in [3.63, 3.8) is 0 Å². The van der Waals surface area contributed by atoms with Gasteiger partial charge in [-0.25, -0.2) is 4.98 Å². The molecule has 1 aromatic heterocycles. The van der Waals surface area contributed by atoms with Gasteiger partial charge in [-0.15, -0.1) is 4.91 Å². The number of para-hydroxylation sites is 1. The first-order chi connectivity index (χ1) is 16.7. The predicted molar refractivity (Wildman–Crippen MR) is 123 cm³/mol. The minimum absolute atomic E-state index is 0.0295. The van der Waals surface area contributed by atoms with E-state index in [1.807, 2.05) is 5.32 Å². The molecule has 0 saturated heterocycles. The summed E-state index contributed by atoms with van der Waals surface area (Å²) in [5, 5.41) is 7.07. The van der Waals surface area contributed by atoms with Crippen LogP contribution < -0.4 is 10.6 Å². The topological polar surface area (TPSA) is 105 Å². The number of nitrogens with zero attached hydrogens (tertiary/aromatic N) is 3. The molecular formula is C24H22F3N5O3. The van der Waals surface area contributed by atoms with E-state index in [9.17, 15) is 27.7 Å². The highest BCUT2D eigenvalue weighted by Gasteiger charge is 2.67. The summed E-state index contributed by atoms with van der Waals surface area (Å²) in [4.78, 5) is 40.5. The normalized spacial score (nSPS) is 20.1. The van der Waals surface area contributed by atoms with Crippen molar-refractivity contribution in [2.75, 3.05) is 5.32 Å². The second-order valence-electron chi connectivity index (χ2n) is 8.98. The first-order valence-corrected chi connectivity index (χ1v) is 11.4. The summed E-state index contributed by atoms with van der Waals surface area (Å²) in [7, 11) is 0. The van der Waals surface area contributed by atoms with Crippen LogP contribution in [0.25, 0.3) is 22.2 Å². The Balaban J connectivity index is 1.57. The van der Waals surface area contributed by atoms with Crippen molar-refractivity contribution in [2.24, 2.45) is 11.1 Å². The summed E-state index contributed by atoms with van der Waals surface area (Å²) in [6.45, 7) is 0. The van der Waals surface area contributed by atoms with E-state index in [0.29, 0.717) is 23.5 Å². The van der Waals surface area contributed by atoms with Gasteiger partial charge in [0.25, 0.3) is 11.6 Å². The lowest BCUT2D eigenvalue weighted by molar-refractivity contribution is -0.217. The number of fused-ring (bicyclic) bond motifs is 3. The van der Waals surface area contributed by atoms with Gasteiger partial charge in [0.2, 0.25) is 11.9 Å². The largest absolute Gasteiger partial charge is 0.440 e. The number of hydrogen-bond donors (Lipinski definition) is 2. The number of rotatable bonds is 6. The number of imidazole rings is 1. The lowest BCUT2D eigenvalue weighted by atomic mass is 10.0. The van der Waals surface area contributed by atoms with E-state index in [0.717, 1.165) is 30.3 Å². The fraction of sp³-hybridized carbons (Fsp3) is 0.375. The quantitative estimate of drug-likeness (QED) is 0.459. The van der Waals surface area contributed by atoms with Gasteiger partial charge in [0.05, 0.1) is 11.0 Å². The summed E-state index contributed by atoms with van der Waals surface area (Å²) in [5.74, 6) is -2.24. The van der Waals surface area contributed by atoms with Crippen LogP contribution in [0.1, 0.15) is 38.5 Å². The lowest BCUT2D eigenvalue weighted by Crippen LogP contribution is -2.63. The zero-order valence-corrected chi connectivity index (χ0v) is 18.6. The van der Waals surface area contributed by atoms with Crippen LogP contribution in [0.3, 0.4) is 0 Å². The first kappa shape index (κ1) is 23.0. The van der Waals surface area contributed by atoms with Crippen molar-refractivity contribution in [3.05, 3.63) is 47.4 Å². The number of benzene rings is 2. The standard InChI is InChI=1S/C24H22F3N5O3/c25-24(26,27)23(30-19(33)13-8-14-4-1-2-5-14)21(34)29-22-28-20-17(6-3-7-18(20)32(22)23)15-9-11-16(31-35)12-10-15/h3,6-7,9-12,14H,1-2,4-5,8,13H2,(H,30,33)(H,28,29,34). The number of carbonyl (C=O) groups is 2. The summed E-state index contributed by atoms with van der Waals surface area (Å²) in [6.07, 6.45) is -0.714. The van der Waals surface area contributed by atoms with Gasteiger partial charge in [0, 0.05) is 12.0 Å². The Morgan fingerprint density at radius 2 is 1.89 bits per heavy atom. The van der Waals surface area contributed by atoms with Gasteiger partial charge >= 0.3 is 6.18 Å². The molecule has 1 fully saturated rings. The molecule has 1 atom stereocenters. The molecule has 0 radical (unpaired) electrons. The van der Waals surface area contributed by atoms with E-state index in [4.69, 9.17) is 0 Å². The average molecular weight is 485 g/mol. The predicted octanol–water partition coefficient (Wildman–Crippen LogP) is 5.36. The van der Waals surface area contributed by atoms with Crippen LogP contribution in [0.4, 0.5) is 24.8 Å². The molecule has 1 aliphatic carbocycles. The highest BCUT2D eigenvalue weighted by atomic mass is 19.4. The Morgan fingerprint density at radius 1 is 1.17 bits per heavy atom. The maximum atomic E-state index is 14.6. The molecule has 182 valence electrons. The molecule has 11 heteroatoms. The maximum absolute atomic E-state index is 14.6. The molecule has 8 nitrogen and oxygen atoms in total. The van der Waals surface area contributed by atoms with Crippen LogP contribution in [-0.4, -0.2) is 27.5 Å². The van der Waals surface area contributed by atoms with Gasteiger partial charge in [-0.3, -0.25) is 19.5 Å². The molecule has 2 amide bonds. The lowest BCUT2D eigenvalue weighted by Gasteiger charge is -2.32. The van der Waals surface area contributed by atoms with Crippen LogP contribution in [0.15, 0.2) is 47.6 Å². The third kappa shape index (κ3) is 3.75. The van der Waals surface area contributed by atoms with Gasteiger partial charge in [0.15, 0.2) is 0 Å². The first-order valence-electron chi connectivity index (χ1n) is 11.4. The van der Waals surface area contributed by atoms with Gasteiger partial charge < -0.3 is 5.32 Å². The van der Waals surface area contributed by atoms with Crippen LogP contribution in [0.5, 0.6) is 0 Å². The van der Waals surface area contributed by atoms with Crippen molar-refractivity contribution in [2.45, 2.75) is 50.4 Å². The van der Waals surface area contributed by atoms with Crippen molar-refractivity contribution in [1.82, 2.24) is 14.9 Å². The molecule has 2 aromatic carbocycles. The number of alkyl halides is 3. The van der Waals surface area contributed by atoms with E-state index in [-0.39, 0.29) is 29.1 Å². The van der Waals surface area contributed by atoms with Crippen molar-refractivity contribution in [3.8, 4) is 11.1 Å². The minimum atomic E-state index is -5.13. The Labute approximate surface area is 197 Å². The number of halogens is 3. The molecule has 2 aliphatic rings. The average Bonchev–Trinajstić information content (AvgIpc) is 3.53. The number of anilines is 1. The van der Waals surface area contributed by atoms with Crippen molar-refractivity contribution >= 4 is 34.5 Å². The van der Waals surface area contributed by atoms with Gasteiger partial charge in [-0.2, -0.15) is 13.2 Å². The van der Waals surface area contributed by atoms with Gasteiger partial charge in [-0.05, 0) is 41.3 Å². The molecule has 2 heterocycles. The molecule has 2 N–H and O–H groups in total. The summed E-state index contributed by atoms with van der Waals surface area (Å²) >= 11 is 0. The number of amides is 2. The fourth-order valence-corrected chi connectivity index (χ4v) is 5.09. The highest BCUT2D eigenvalue weighted by Crippen LogP contribution is 2.45. The van der Waals surface area contributed by atoms with E-state index in [1.165, 1.54) is 18.2 Å². The Hall–Kier alpha value is -3.76. The molecule has 1 saturated carbocycles. The van der Waals surface area contributed by atoms with E-state index >= 15 is 0 Å². The highest BCUT2D eigenvalue weighted by molar-refractivity contribution is 6.06. The third-order valence-electron chi connectivity index (χ3n) is 6.84. The molecule has 5 rings (SSSR count). The fourth-order valence-electron chi connectivity index (χ4n) is 5.09. The van der Waals surface area contributed by atoms with Crippen molar-refractivity contribution in [1.29, 1.82) is 0 Å². The van der Waals surface area contributed by atoms with E-state index in [1.54, 1.807) is 24.3 Å². The van der Waals surface area contributed by atoms with Crippen LogP contribution >= 0.6 is 0 Å². The maximum Gasteiger partial charge on any atom is 0.440 e. The second kappa shape index (κ2) is 8.47. The van der Waals surface area contributed by atoms with Crippen LogP contribution in [0.2, 0.25) is 0 Å². The zero-order valence-electron chi connectivity index (χ0n) is 18.6. The number of nitroso groups, excluding NO2 is 1. The monoisotopic (exact) mass is 485 g/mol. The second-order valence-corrected chi connectivity index (χ2v) is 8.98. The molecule has 1 unspecified atom stereocenters. The summed E-state index contributed by atoms with van der Waals surface area (Å²) in [6, 6.07) is 10.8. The van der Waals surface area contributed by atoms with E-state index in [2.05, 4.69) is 15.5 Å². The zero-order chi connectivity index (χ0) is 24.8. The number of hydrogen-bond acceptors (Lipinski definition) is 5. The number of carbonyl (C=O) groups excluding carboxylic acids is 2. The number of nitrogens with one attached hydrogen (secondary N) is 2. The Bertz CT molecular complexity index is 1310. The Morgan fingerprint density at radius 3 is 2.54 bits per heavy atom. The molecule has 0 bridgehead atoms. The van der Waals surface area contributed by atoms with E-state index < -0.39 is 23.7 Å². The molecule has 1 aliphatic heterocycles. The SMILES string of the molecule is O=Nc1ccc(-c2cccc3c2nc2n3C(NC(=O)CCC3CCCC3)(C(F)(F)F)C(=O)N2)cc1. The number of aromatic nitrogens is 2. The van der Waals surface area contributed by atoms with Crippen LogP contribution in [-0.2, 0) is 15.3 Å².